The molecule has 4 aliphatic rings. The van der Waals surface area contributed by atoms with Gasteiger partial charge in [-0.05, 0) is 44.1 Å². The largest absolute Gasteiger partial charge is 0.394 e. The molecule has 8 heteroatoms. The van der Waals surface area contributed by atoms with E-state index in [-0.39, 0.29) is 36.3 Å². The summed E-state index contributed by atoms with van der Waals surface area (Å²) in [5.41, 5.74) is -1.07. The standard InChI is InChI=1S/C35H49N3O5/c1-6-19-36(22-25-15-11-9-12-16-25)31(40)28-29-32(41)38(26(8-3)23-39)30(35(29)21-24(4)34(28,5)43-35)33(42)37(20-7-2)27-17-13-10-14-18-27/h6-7,9,11-12,15-16,24,26-30,39H,1-2,8,10,13-14,17-23H2,3-5H3/t24?,26-,28-,29-,30?,34+,35?/m0/s1. The van der Waals surface area contributed by atoms with Gasteiger partial charge in [0.2, 0.25) is 17.7 Å². The average molecular weight is 592 g/mol. The Labute approximate surface area is 256 Å². The van der Waals surface area contributed by atoms with E-state index in [1.165, 1.54) is 0 Å². The molecule has 7 atom stereocenters. The van der Waals surface area contributed by atoms with Gasteiger partial charge in [-0.15, -0.1) is 13.2 Å². The summed E-state index contributed by atoms with van der Waals surface area (Å²) in [6, 6.07) is 8.41. The van der Waals surface area contributed by atoms with Crippen molar-refractivity contribution in [3.05, 3.63) is 61.2 Å². The van der Waals surface area contributed by atoms with Crippen LogP contribution in [0.4, 0.5) is 0 Å². The summed E-state index contributed by atoms with van der Waals surface area (Å²) in [5.74, 6) is -2.18. The summed E-state index contributed by atoms with van der Waals surface area (Å²) in [6.45, 7) is 14.6. The van der Waals surface area contributed by atoms with Crippen molar-refractivity contribution >= 4 is 17.7 Å². The highest BCUT2D eigenvalue weighted by Gasteiger charge is 2.80. The lowest BCUT2D eigenvalue weighted by molar-refractivity contribution is -0.159. The molecule has 1 aromatic rings. The van der Waals surface area contributed by atoms with Crippen LogP contribution in [0.3, 0.4) is 0 Å². The van der Waals surface area contributed by atoms with E-state index in [4.69, 9.17) is 4.74 Å². The number of likely N-dealkylation sites (tertiary alicyclic amines) is 1. The van der Waals surface area contributed by atoms with Crippen LogP contribution >= 0.6 is 0 Å². The maximum absolute atomic E-state index is 14.8. The van der Waals surface area contributed by atoms with E-state index < -0.39 is 35.1 Å². The molecule has 3 heterocycles. The number of benzene rings is 1. The zero-order valence-corrected chi connectivity index (χ0v) is 26.1. The molecule has 8 nitrogen and oxygen atoms in total. The SMILES string of the molecule is C=CCN(Cc1ccccc1)C(=O)[C@@H]1[C@H]2C(=O)N([C@@H](CC)CO)C(C(=O)N(CC=C)C3CCCCC3)C23CC(C)[C@@]1(C)O3. The van der Waals surface area contributed by atoms with E-state index in [1.54, 1.807) is 22.0 Å². The second-order valence-corrected chi connectivity index (χ2v) is 13.3. The second-order valence-electron chi connectivity index (χ2n) is 13.3. The lowest BCUT2D eigenvalue weighted by Gasteiger charge is -2.42. The van der Waals surface area contributed by atoms with Crippen LogP contribution in [0.5, 0.6) is 0 Å². The topological polar surface area (TPSA) is 90.4 Å². The normalized spacial score (nSPS) is 32.4. The fraction of sp³-hybridized carbons (Fsp3) is 0.629. The van der Waals surface area contributed by atoms with Crippen LogP contribution in [0, 0.1) is 17.8 Å². The third-order valence-corrected chi connectivity index (χ3v) is 10.8. The van der Waals surface area contributed by atoms with E-state index in [9.17, 15) is 19.5 Å². The van der Waals surface area contributed by atoms with Gasteiger partial charge in [-0.1, -0.05) is 75.6 Å². The fourth-order valence-corrected chi connectivity index (χ4v) is 8.64. The van der Waals surface area contributed by atoms with Crippen LogP contribution in [0.25, 0.3) is 0 Å². The van der Waals surface area contributed by atoms with Crippen LogP contribution in [0.2, 0.25) is 0 Å². The quantitative estimate of drug-likeness (QED) is 0.366. The van der Waals surface area contributed by atoms with Crippen LogP contribution in [-0.2, 0) is 25.7 Å². The minimum Gasteiger partial charge on any atom is -0.394 e. The van der Waals surface area contributed by atoms with Crippen molar-refractivity contribution in [3.63, 3.8) is 0 Å². The lowest BCUT2D eigenvalue weighted by Crippen LogP contribution is -2.60. The molecular weight excluding hydrogens is 542 g/mol. The minimum atomic E-state index is -1.15. The number of carbonyl (C=O) groups is 3. The highest BCUT2D eigenvalue weighted by molar-refractivity contribution is 5.99. The Bertz CT molecular complexity index is 1210. The number of nitrogens with zero attached hydrogens (tertiary/aromatic N) is 3. The molecule has 0 radical (unpaired) electrons. The molecule has 0 aromatic heterocycles. The number of carbonyl (C=O) groups excluding carboxylic acids is 3. The molecule has 43 heavy (non-hydrogen) atoms. The summed E-state index contributed by atoms with van der Waals surface area (Å²) in [4.78, 5) is 49.4. The zero-order chi connectivity index (χ0) is 30.9. The molecule has 3 saturated heterocycles. The van der Waals surface area contributed by atoms with Gasteiger partial charge in [0.05, 0.1) is 30.1 Å². The number of ether oxygens (including phenoxy) is 1. The number of hydrogen-bond donors (Lipinski definition) is 1. The first-order valence-electron chi connectivity index (χ1n) is 16.2. The minimum absolute atomic E-state index is 0.0557. The fourth-order valence-electron chi connectivity index (χ4n) is 8.64. The van der Waals surface area contributed by atoms with Crippen molar-refractivity contribution in [1.82, 2.24) is 14.7 Å². The molecule has 234 valence electrons. The third kappa shape index (κ3) is 5.14. The monoisotopic (exact) mass is 591 g/mol. The van der Waals surface area contributed by atoms with Crippen LogP contribution in [0.1, 0.15) is 71.3 Å². The van der Waals surface area contributed by atoms with Gasteiger partial charge in [0, 0.05) is 25.7 Å². The first-order chi connectivity index (χ1) is 20.7. The molecule has 1 spiro atoms. The van der Waals surface area contributed by atoms with Crippen molar-refractivity contribution in [2.75, 3.05) is 19.7 Å². The van der Waals surface area contributed by atoms with E-state index in [1.807, 2.05) is 49.1 Å². The first kappa shape index (κ1) is 31.5. The smallest absolute Gasteiger partial charge is 0.248 e. The highest BCUT2D eigenvalue weighted by atomic mass is 16.5. The van der Waals surface area contributed by atoms with Gasteiger partial charge in [0.15, 0.2) is 0 Å². The van der Waals surface area contributed by atoms with Crippen LogP contribution in [-0.4, -0.2) is 86.6 Å². The number of hydrogen-bond acceptors (Lipinski definition) is 5. The summed E-state index contributed by atoms with van der Waals surface area (Å²) in [7, 11) is 0. The van der Waals surface area contributed by atoms with Gasteiger partial charge in [0.1, 0.15) is 11.6 Å². The Kier molecular flexibility index (Phi) is 9.19. The van der Waals surface area contributed by atoms with Gasteiger partial charge in [-0.25, -0.2) is 0 Å². The van der Waals surface area contributed by atoms with Gasteiger partial charge in [-0.2, -0.15) is 0 Å². The average Bonchev–Trinajstić information content (AvgIpc) is 3.53. The number of rotatable bonds is 12. The zero-order valence-electron chi connectivity index (χ0n) is 26.1. The van der Waals surface area contributed by atoms with Crippen LogP contribution in [0.15, 0.2) is 55.6 Å². The molecule has 3 amide bonds. The van der Waals surface area contributed by atoms with Crippen molar-refractivity contribution in [2.45, 2.75) is 102 Å². The van der Waals surface area contributed by atoms with E-state index in [0.29, 0.717) is 32.5 Å². The first-order valence-corrected chi connectivity index (χ1v) is 16.2. The van der Waals surface area contributed by atoms with Gasteiger partial charge >= 0.3 is 0 Å². The lowest BCUT2D eigenvalue weighted by atomic mass is 9.62. The van der Waals surface area contributed by atoms with E-state index >= 15 is 0 Å². The Morgan fingerprint density at radius 1 is 1.12 bits per heavy atom. The van der Waals surface area contributed by atoms with Gasteiger partial charge in [-0.3, -0.25) is 14.4 Å². The number of aliphatic hydroxyl groups is 1. The molecule has 3 aliphatic heterocycles. The summed E-state index contributed by atoms with van der Waals surface area (Å²) >= 11 is 0. The Morgan fingerprint density at radius 3 is 2.40 bits per heavy atom. The van der Waals surface area contributed by atoms with E-state index in [0.717, 1.165) is 37.7 Å². The predicted molar refractivity (Wildman–Crippen MR) is 166 cm³/mol. The number of amides is 3. The molecule has 2 bridgehead atoms. The molecule has 1 aliphatic carbocycles. The van der Waals surface area contributed by atoms with Crippen molar-refractivity contribution in [2.24, 2.45) is 17.8 Å². The summed E-state index contributed by atoms with van der Waals surface area (Å²) in [5, 5.41) is 10.5. The molecule has 5 rings (SSSR count). The molecule has 1 aromatic carbocycles. The van der Waals surface area contributed by atoms with Crippen molar-refractivity contribution in [1.29, 1.82) is 0 Å². The summed E-state index contributed by atoms with van der Waals surface area (Å²) in [6.07, 6.45) is 9.57. The number of aliphatic hydroxyl groups excluding tert-OH is 1. The second kappa shape index (κ2) is 12.6. The Balaban J connectivity index is 1.58. The molecule has 1 saturated carbocycles. The van der Waals surface area contributed by atoms with Crippen molar-refractivity contribution < 1.29 is 24.2 Å². The van der Waals surface area contributed by atoms with Gasteiger partial charge in [0.25, 0.3) is 0 Å². The molecule has 4 fully saturated rings. The number of fused-ring (bicyclic) bond motifs is 1. The van der Waals surface area contributed by atoms with Crippen molar-refractivity contribution in [3.8, 4) is 0 Å². The maximum atomic E-state index is 14.8. The predicted octanol–water partition coefficient (Wildman–Crippen LogP) is 4.33. The maximum Gasteiger partial charge on any atom is 0.248 e. The molecular formula is C35H49N3O5. The van der Waals surface area contributed by atoms with E-state index in [2.05, 4.69) is 20.1 Å². The summed E-state index contributed by atoms with van der Waals surface area (Å²) < 4.78 is 6.99. The highest BCUT2D eigenvalue weighted by Crippen LogP contribution is 2.66. The molecule has 1 N–H and O–H groups in total. The van der Waals surface area contributed by atoms with Crippen LogP contribution < -0.4 is 0 Å². The third-order valence-electron chi connectivity index (χ3n) is 10.8. The Morgan fingerprint density at radius 2 is 1.79 bits per heavy atom. The van der Waals surface area contributed by atoms with Gasteiger partial charge < -0.3 is 24.5 Å². The molecule has 3 unspecified atom stereocenters. The Hall–Kier alpha value is -2.97.